The number of halogens is 2. The Bertz CT molecular complexity index is 932. The minimum absolute atomic E-state index is 0.0861. The van der Waals surface area contributed by atoms with E-state index in [1.54, 1.807) is 43.3 Å². The van der Waals surface area contributed by atoms with Gasteiger partial charge in [-0.05, 0) is 48.7 Å². The third-order valence-electron chi connectivity index (χ3n) is 3.77. The van der Waals surface area contributed by atoms with E-state index in [2.05, 4.69) is 5.32 Å². The molecule has 1 N–H and O–H groups in total. The average Bonchev–Trinajstić information content (AvgIpc) is 2.68. The number of nitrogens with zero attached hydrogens (tertiary/aromatic N) is 1. The second-order valence-corrected chi connectivity index (χ2v) is 6.56. The fourth-order valence-electron chi connectivity index (χ4n) is 2.39. The lowest BCUT2D eigenvalue weighted by Crippen LogP contribution is -2.12. The highest BCUT2D eigenvalue weighted by atomic mass is 35.5. The first-order valence-corrected chi connectivity index (χ1v) is 9.32. The summed E-state index contributed by atoms with van der Waals surface area (Å²) < 4.78 is 4.82. The topological polar surface area (TPSA) is 79.2 Å². The standard InChI is InChI=1S/C21H18Cl2N2O3/c1-2-28-21(27)16(13-24)12-14-6-9-17(10-7-14)25-19(26)11-8-15-4-3-5-18(22)20(15)23/h3-7,9-10,12H,2,8,11H2,1H3,(H,25,26)/b16-12+. The zero-order valence-electron chi connectivity index (χ0n) is 15.2. The second kappa shape index (κ2) is 10.5. The first-order valence-electron chi connectivity index (χ1n) is 8.56. The van der Waals surface area contributed by atoms with E-state index in [-0.39, 0.29) is 24.5 Å². The highest BCUT2D eigenvalue weighted by Gasteiger charge is 2.10. The Morgan fingerprint density at radius 3 is 2.54 bits per heavy atom. The summed E-state index contributed by atoms with van der Waals surface area (Å²) in [5.74, 6) is -0.828. The third kappa shape index (κ3) is 6.12. The Balaban J connectivity index is 1.96. The van der Waals surface area contributed by atoms with Gasteiger partial charge in [0, 0.05) is 12.1 Å². The Hall–Kier alpha value is -2.81. The van der Waals surface area contributed by atoms with Crippen molar-refractivity contribution in [2.75, 3.05) is 11.9 Å². The van der Waals surface area contributed by atoms with Crippen LogP contribution in [-0.4, -0.2) is 18.5 Å². The molecule has 0 saturated carbocycles. The van der Waals surface area contributed by atoms with Crippen molar-refractivity contribution >= 4 is 46.8 Å². The molecule has 2 rings (SSSR count). The fourth-order valence-corrected chi connectivity index (χ4v) is 2.80. The highest BCUT2D eigenvalue weighted by Crippen LogP contribution is 2.26. The van der Waals surface area contributed by atoms with Crippen LogP contribution in [0.3, 0.4) is 0 Å². The molecule has 0 atom stereocenters. The molecule has 0 aromatic heterocycles. The van der Waals surface area contributed by atoms with Gasteiger partial charge in [-0.1, -0.05) is 47.5 Å². The van der Waals surface area contributed by atoms with Gasteiger partial charge in [-0.3, -0.25) is 4.79 Å². The number of anilines is 1. The van der Waals surface area contributed by atoms with Crippen molar-refractivity contribution in [1.82, 2.24) is 0 Å². The van der Waals surface area contributed by atoms with Crippen LogP contribution in [0.2, 0.25) is 10.0 Å². The molecule has 28 heavy (non-hydrogen) atoms. The predicted octanol–water partition coefficient (Wildman–Crippen LogP) is 5.03. The first kappa shape index (κ1) is 21.5. The molecule has 0 unspecified atom stereocenters. The lowest BCUT2D eigenvalue weighted by Gasteiger charge is -2.08. The van der Waals surface area contributed by atoms with Crippen molar-refractivity contribution < 1.29 is 14.3 Å². The molecular weight excluding hydrogens is 399 g/mol. The first-order chi connectivity index (χ1) is 13.4. The summed E-state index contributed by atoms with van der Waals surface area (Å²) in [4.78, 5) is 23.8. The molecule has 0 radical (unpaired) electrons. The quantitative estimate of drug-likeness (QED) is 0.389. The van der Waals surface area contributed by atoms with Gasteiger partial charge in [0.25, 0.3) is 0 Å². The summed E-state index contributed by atoms with van der Waals surface area (Å²) in [5.41, 5.74) is 1.98. The Morgan fingerprint density at radius 2 is 1.89 bits per heavy atom. The number of amides is 1. The number of nitriles is 1. The van der Waals surface area contributed by atoms with Crippen LogP contribution >= 0.6 is 23.2 Å². The Labute approximate surface area is 173 Å². The van der Waals surface area contributed by atoms with Crippen molar-refractivity contribution in [2.24, 2.45) is 0 Å². The predicted molar refractivity (Wildman–Crippen MR) is 110 cm³/mol. The van der Waals surface area contributed by atoms with E-state index in [4.69, 9.17) is 33.2 Å². The summed E-state index contributed by atoms with van der Waals surface area (Å²) in [7, 11) is 0. The van der Waals surface area contributed by atoms with Gasteiger partial charge in [0.1, 0.15) is 11.6 Å². The summed E-state index contributed by atoms with van der Waals surface area (Å²) in [6, 6.07) is 13.9. The van der Waals surface area contributed by atoms with Gasteiger partial charge in [0.2, 0.25) is 5.91 Å². The lowest BCUT2D eigenvalue weighted by atomic mass is 10.1. The summed E-state index contributed by atoms with van der Waals surface area (Å²) in [6.07, 6.45) is 2.16. The van der Waals surface area contributed by atoms with E-state index in [0.717, 1.165) is 5.56 Å². The van der Waals surface area contributed by atoms with Crippen LogP contribution in [0.15, 0.2) is 48.0 Å². The van der Waals surface area contributed by atoms with Crippen molar-refractivity contribution in [3.05, 3.63) is 69.2 Å². The normalized spacial score (nSPS) is 10.9. The van der Waals surface area contributed by atoms with Gasteiger partial charge in [0.05, 0.1) is 16.7 Å². The number of carbonyl (C=O) groups is 2. The number of hydrogen-bond acceptors (Lipinski definition) is 4. The second-order valence-electron chi connectivity index (χ2n) is 5.77. The maximum Gasteiger partial charge on any atom is 0.348 e. The molecule has 0 spiro atoms. The van der Waals surface area contributed by atoms with E-state index in [1.165, 1.54) is 6.08 Å². The summed E-state index contributed by atoms with van der Waals surface area (Å²) >= 11 is 12.1. The number of esters is 1. The van der Waals surface area contributed by atoms with Crippen molar-refractivity contribution in [3.8, 4) is 6.07 Å². The van der Waals surface area contributed by atoms with Crippen molar-refractivity contribution in [3.63, 3.8) is 0 Å². The molecule has 0 aliphatic carbocycles. The minimum Gasteiger partial charge on any atom is -0.462 e. The fraction of sp³-hybridized carbons (Fsp3) is 0.190. The van der Waals surface area contributed by atoms with Crippen molar-refractivity contribution in [1.29, 1.82) is 5.26 Å². The minimum atomic E-state index is -0.665. The lowest BCUT2D eigenvalue weighted by molar-refractivity contribution is -0.137. The van der Waals surface area contributed by atoms with Crippen LogP contribution in [-0.2, 0) is 20.7 Å². The maximum absolute atomic E-state index is 12.1. The highest BCUT2D eigenvalue weighted by molar-refractivity contribution is 6.42. The molecule has 1 amide bonds. The number of hydrogen-bond donors (Lipinski definition) is 1. The van der Waals surface area contributed by atoms with Crippen LogP contribution in [0.5, 0.6) is 0 Å². The monoisotopic (exact) mass is 416 g/mol. The molecular formula is C21H18Cl2N2O3. The molecule has 2 aromatic carbocycles. The molecule has 0 aliphatic heterocycles. The van der Waals surface area contributed by atoms with Gasteiger partial charge in [-0.25, -0.2) is 4.79 Å². The Kier molecular flexibility index (Phi) is 8.06. The van der Waals surface area contributed by atoms with Gasteiger partial charge in [-0.2, -0.15) is 5.26 Å². The molecule has 0 aliphatic rings. The number of rotatable bonds is 7. The molecule has 144 valence electrons. The smallest absolute Gasteiger partial charge is 0.348 e. The number of aryl methyl sites for hydroxylation is 1. The summed E-state index contributed by atoms with van der Waals surface area (Å²) in [5, 5.41) is 12.8. The number of nitrogens with one attached hydrogen (secondary N) is 1. The number of benzene rings is 2. The average molecular weight is 417 g/mol. The van der Waals surface area contributed by atoms with Crippen LogP contribution in [0.25, 0.3) is 6.08 Å². The van der Waals surface area contributed by atoms with Crippen LogP contribution < -0.4 is 5.32 Å². The third-order valence-corrected chi connectivity index (χ3v) is 4.63. The number of ether oxygens (including phenoxy) is 1. The van der Waals surface area contributed by atoms with E-state index in [9.17, 15) is 9.59 Å². The van der Waals surface area contributed by atoms with Crippen LogP contribution in [0, 0.1) is 11.3 Å². The zero-order chi connectivity index (χ0) is 20.5. The van der Waals surface area contributed by atoms with E-state index in [0.29, 0.717) is 27.7 Å². The van der Waals surface area contributed by atoms with E-state index < -0.39 is 5.97 Å². The zero-order valence-corrected chi connectivity index (χ0v) is 16.7. The molecule has 0 heterocycles. The van der Waals surface area contributed by atoms with Crippen molar-refractivity contribution in [2.45, 2.75) is 19.8 Å². The largest absolute Gasteiger partial charge is 0.462 e. The molecule has 5 nitrogen and oxygen atoms in total. The molecule has 0 bridgehead atoms. The maximum atomic E-state index is 12.1. The molecule has 2 aromatic rings. The molecule has 0 fully saturated rings. The van der Waals surface area contributed by atoms with Gasteiger partial charge in [0.15, 0.2) is 0 Å². The van der Waals surface area contributed by atoms with E-state index in [1.807, 2.05) is 12.1 Å². The number of carbonyl (C=O) groups excluding carboxylic acids is 2. The summed E-state index contributed by atoms with van der Waals surface area (Å²) in [6.45, 7) is 1.87. The Morgan fingerprint density at radius 1 is 1.18 bits per heavy atom. The van der Waals surface area contributed by atoms with Gasteiger partial charge >= 0.3 is 5.97 Å². The molecule has 7 heteroatoms. The van der Waals surface area contributed by atoms with E-state index >= 15 is 0 Å². The SMILES string of the molecule is CCOC(=O)/C(C#N)=C/c1ccc(NC(=O)CCc2cccc(Cl)c2Cl)cc1. The van der Waals surface area contributed by atoms with Crippen LogP contribution in [0.1, 0.15) is 24.5 Å². The van der Waals surface area contributed by atoms with Gasteiger partial charge in [-0.15, -0.1) is 0 Å². The molecule has 0 saturated heterocycles. The van der Waals surface area contributed by atoms with Gasteiger partial charge < -0.3 is 10.1 Å². The van der Waals surface area contributed by atoms with Crippen LogP contribution in [0.4, 0.5) is 5.69 Å².